The number of nitrogens with one attached hydrogen (secondary N) is 1. The van der Waals surface area contributed by atoms with E-state index in [1.165, 1.54) is 0 Å². The fourth-order valence-corrected chi connectivity index (χ4v) is 2.55. The van der Waals surface area contributed by atoms with Crippen LogP contribution in [0, 0.1) is 6.92 Å². The Kier molecular flexibility index (Phi) is 4.71. The zero-order valence-corrected chi connectivity index (χ0v) is 11.6. The van der Waals surface area contributed by atoms with Crippen LogP contribution in [0.25, 0.3) is 0 Å². The van der Waals surface area contributed by atoms with Crippen LogP contribution >= 0.6 is 11.3 Å². The van der Waals surface area contributed by atoms with E-state index in [2.05, 4.69) is 5.32 Å². The molecule has 0 saturated heterocycles. The molecule has 2 aromatic rings. The second-order valence-corrected chi connectivity index (χ2v) is 5.27. The molecule has 4 heteroatoms. The number of rotatable bonds is 5. The van der Waals surface area contributed by atoms with Gasteiger partial charge in [0.15, 0.2) is 0 Å². The Bertz CT molecular complexity index is 537. The first-order chi connectivity index (χ1) is 9.16. The van der Waals surface area contributed by atoms with Crippen molar-refractivity contribution in [2.24, 2.45) is 0 Å². The highest BCUT2D eigenvalue weighted by molar-refractivity contribution is 7.07. The number of aliphatic hydroxyl groups is 1. The molecule has 100 valence electrons. The summed E-state index contributed by atoms with van der Waals surface area (Å²) in [6.45, 7) is 2.42. The minimum atomic E-state index is -0.510. The van der Waals surface area contributed by atoms with Crippen LogP contribution in [0.5, 0.6) is 0 Å². The monoisotopic (exact) mass is 275 g/mol. The third kappa shape index (κ3) is 3.91. The maximum atomic E-state index is 11.9. The molecule has 19 heavy (non-hydrogen) atoms. The van der Waals surface area contributed by atoms with E-state index in [1.807, 2.05) is 41.9 Å². The molecule has 3 nitrogen and oxygen atoms in total. The average molecular weight is 275 g/mol. The van der Waals surface area contributed by atoms with Gasteiger partial charge in [0.05, 0.1) is 6.10 Å². The predicted octanol–water partition coefficient (Wildman–Crippen LogP) is 2.91. The number of aliphatic hydroxyl groups excluding tert-OH is 1. The molecule has 1 aromatic carbocycles. The van der Waals surface area contributed by atoms with Crippen molar-refractivity contribution in [3.05, 3.63) is 57.8 Å². The van der Waals surface area contributed by atoms with Gasteiger partial charge < -0.3 is 10.4 Å². The van der Waals surface area contributed by atoms with Crippen molar-refractivity contribution < 1.29 is 9.90 Å². The van der Waals surface area contributed by atoms with E-state index in [4.69, 9.17) is 0 Å². The zero-order chi connectivity index (χ0) is 13.7. The van der Waals surface area contributed by atoms with Gasteiger partial charge in [-0.2, -0.15) is 11.3 Å². The van der Waals surface area contributed by atoms with Crippen LogP contribution in [0.2, 0.25) is 0 Å². The van der Waals surface area contributed by atoms with Gasteiger partial charge in [-0.1, -0.05) is 17.7 Å². The Morgan fingerprint density at radius 1 is 1.42 bits per heavy atom. The quantitative estimate of drug-likeness (QED) is 0.881. The number of hydrogen-bond donors (Lipinski definition) is 2. The summed E-state index contributed by atoms with van der Waals surface area (Å²) in [5.74, 6) is -0.0961. The van der Waals surface area contributed by atoms with Gasteiger partial charge in [-0.3, -0.25) is 4.79 Å². The Balaban J connectivity index is 1.81. The van der Waals surface area contributed by atoms with Crippen LogP contribution in [-0.2, 0) is 0 Å². The first-order valence-electron chi connectivity index (χ1n) is 6.22. The van der Waals surface area contributed by atoms with E-state index in [0.717, 1.165) is 11.1 Å². The highest BCUT2D eigenvalue weighted by Gasteiger charge is 2.09. The lowest BCUT2D eigenvalue weighted by atomic mass is 10.1. The number of aryl methyl sites for hydroxylation is 1. The summed E-state index contributed by atoms with van der Waals surface area (Å²) in [6, 6.07) is 9.36. The number of amides is 1. The van der Waals surface area contributed by atoms with Gasteiger partial charge >= 0.3 is 0 Å². The molecule has 0 bridgehead atoms. The fraction of sp³-hybridized carbons (Fsp3) is 0.267. The molecule has 1 atom stereocenters. The Morgan fingerprint density at radius 3 is 2.95 bits per heavy atom. The number of benzene rings is 1. The molecule has 0 fully saturated rings. The lowest BCUT2D eigenvalue weighted by Gasteiger charge is -2.10. The Labute approximate surface area is 116 Å². The van der Waals surface area contributed by atoms with Crippen LogP contribution in [0.3, 0.4) is 0 Å². The van der Waals surface area contributed by atoms with Gasteiger partial charge in [-0.15, -0.1) is 0 Å². The van der Waals surface area contributed by atoms with Crippen LogP contribution < -0.4 is 5.32 Å². The van der Waals surface area contributed by atoms with Crippen LogP contribution in [0.15, 0.2) is 41.1 Å². The molecule has 2 rings (SSSR count). The number of carbonyl (C=O) groups is 1. The van der Waals surface area contributed by atoms with Crippen molar-refractivity contribution in [1.82, 2.24) is 5.32 Å². The van der Waals surface area contributed by atoms with E-state index < -0.39 is 6.10 Å². The normalized spacial score (nSPS) is 12.1. The molecular formula is C15H17NO2S. The van der Waals surface area contributed by atoms with Gasteiger partial charge in [0.25, 0.3) is 5.91 Å². The highest BCUT2D eigenvalue weighted by Crippen LogP contribution is 2.18. The van der Waals surface area contributed by atoms with Crippen molar-refractivity contribution in [3.63, 3.8) is 0 Å². The van der Waals surface area contributed by atoms with Gasteiger partial charge in [0, 0.05) is 12.1 Å². The summed E-state index contributed by atoms with van der Waals surface area (Å²) < 4.78 is 0. The van der Waals surface area contributed by atoms with Crippen molar-refractivity contribution in [2.75, 3.05) is 6.54 Å². The zero-order valence-electron chi connectivity index (χ0n) is 10.8. The predicted molar refractivity (Wildman–Crippen MR) is 77.4 cm³/mol. The van der Waals surface area contributed by atoms with Crippen LogP contribution in [0.1, 0.15) is 34.0 Å². The maximum absolute atomic E-state index is 11.9. The van der Waals surface area contributed by atoms with E-state index in [-0.39, 0.29) is 5.91 Å². The molecule has 2 N–H and O–H groups in total. The summed E-state index contributed by atoms with van der Waals surface area (Å²) >= 11 is 1.56. The smallest absolute Gasteiger partial charge is 0.251 e. The van der Waals surface area contributed by atoms with Crippen molar-refractivity contribution in [2.45, 2.75) is 19.4 Å². The van der Waals surface area contributed by atoms with E-state index in [9.17, 15) is 9.90 Å². The SMILES string of the molecule is Cc1cccc(C(=O)NCCC(O)c2ccsc2)c1. The minimum absolute atomic E-state index is 0.0961. The van der Waals surface area contributed by atoms with Gasteiger partial charge in [0.2, 0.25) is 0 Å². The first kappa shape index (κ1) is 13.8. The molecular weight excluding hydrogens is 258 g/mol. The van der Waals surface area contributed by atoms with Crippen molar-refractivity contribution in [3.8, 4) is 0 Å². The van der Waals surface area contributed by atoms with E-state index in [1.54, 1.807) is 17.4 Å². The van der Waals surface area contributed by atoms with Gasteiger partial charge in [-0.25, -0.2) is 0 Å². The minimum Gasteiger partial charge on any atom is -0.388 e. The van der Waals surface area contributed by atoms with Crippen molar-refractivity contribution in [1.29, 1.82) is 0 Å². The summed E-state index contributed by atoms with van der Waals surface area (Å²) in [6.07, 6.45) is 0.0120. The Morgan fingerprint density at radius 2 is 2.26 bits per heavy atom. The van der Waals surface area contributed by atoms with E-state index in [0.29, 0.717) is 18.5 Å². The molecule has 1 unspecified atom stereocenters. The molecule has 0 aliphatic carbocycles. The number of hydrogen-bond acceptors (Lipinski definition) is 3. The molecule has 1 heterocycles. The summed E-state index contributed by atoms with van der Waals surface area (Å²) in [5.41, 5.74) is 2.63. The summed E-state index contributed by atoms with van der Waals surface area (Å²) in [5, 5.41) is 16.6. The van der Waals surface area contributed by atoms with Gasteiger partial charge in [-0.05, 0) is 47.9 Å². The lowest BCUT2D eigenvalue weighted by Crippen LogP contribution is -2.25. The first-order valence-corrected chi connectivity index (χ1v) is 7.16. The molecule has 0 saturated carbocycles. The molecule has 1 aromatic heterocycles. The summed E-state index contributed by atoms with van der Waals surface area (Å²) in [4.78, 5) is 11.9. The third-order valence-electron chi connectivity index (χ3n) is 2.91. The van der Waals surface area contributed by atoms with Crippen LogP contribution in [0.4, 0.5) is 0 Å². The second kappa shape index (κ2) is 6.50. The number of carbonyl (C=O) groups excluding carboxylic acids is 1. The van der Waals surface area contributed by atoms with E-state index >= 15 is 0 Å². The standard InChI is InChI=1S/C15H17NO2S/c1-11-3-2-4-12(9-11)15(18)16-7-5-14(17)13-6-8-19-10-13/h2-4,6,8-10,14,17H,5,7H2,1H3,(H,16,18). The molecule has 0 spiro atoms. The molecule has 0 aliphatic rings. The Hall–Kier alpha value is -1.65. The van der Waals surface area contributed by atoms with Gasteiger partial charge in [0.1, 0.15) is 0 Å². The van der Waals surface area contributed by atoms with Crippen molar-refractivity contribution >= 4 is 17.2 Å². The number of thiophene rings is 1. The average Bonchev–Trinajstić information content (AvgIpc) is 2.92. The molecule has 0 radical (unpaired) electrons. The second-order valence-electron chi connectivity index (χ2n) is 4.49. The fourth-order valence-electron chi connectivity index (χ4n) is 1.84. The summed E-state index contributed by atoms with van der Waals surface area (Å²) in [7, 11) is 0. The highest BCUT2D eigenvalue weighted by atomic mass is 32.1. The molecule has 0 aliphatic heterocycles. The lowest BCUT2D eigenvalue weighted by molar-refractivity contribution is 0.0942. The van der Waals surface area contributed by atoms with Crippen LogP contribution in [-0.4, -0.2) is 17.6 Å². The maximum Gasteiger partial charge on any atom is 0.251 e. The third-order valence-corrected chi connectivity index (χ3v) is 3.61. The topological polar surface area (TPSA) is 49.3 Å². The largest absolute Gasteiger partial charge is 0.388 e. The molecule has 1 amide bonds.